The van der Waals surface area contributed by atoms with Crippen LogP contribution in [-0.4, -0.2) is 13.5 Å². The summed E-state index contributed by atoms with van der Waals surface area (Å²) in [5, 5.41) is 21.0. The molecule has 0 saturated carbocycles. The van der Waals surface area contributed by atoms with E-state index in [0.717, 1.165) is 33.2 Å². The van der Waals surface area contributed by atoms with Gasteiger partial charge in [0.15, 0.2) is 5.75 Å². The van der Waals surface area contributed by atoms with E-state index in [4.69, 9.17) is 0 Å². The van der Waals surface area contributed by atoms with Crippen LogP contribution in [0.4, 0.5) is 11.4 Å². The summed E-state index contributed by atoms with van der Waals surface area (Å²) in [6.45, 7) is 9.87. The first-order valence-electron chi connectivity index (χ1n) is 8.18. The van der Waals surface area contributed by atoms with E-state index in [1.807, 2.05) is 71.0 Å². The van der Waals surface area contributed by atoms with E-state index in [-0.39, 0.29) is 46.9 Å². The van der Waals surface area contributed by atoms with Crippen LogP contribution in [-0.2, 0) is 32.7 Å². The van der Waals surface area contributed by atoms with Gasteiger partial charge < -0.3 is 5.11 Å². The summed E-state index contributed by atoms with van der Waals surface area (Å²) in [7, 11) is 0. The Hall–Kier alpha value is -1.51. The molecule has 0 amide bonds. The summed E-state index contributed by atoms with van der Waals surface area (Å²) < 4.78 is 0. The zero-order valence-corrected chi connectivity index (χ0v) is 18.9. The third kappa shape index (κ3) is 5.25. The minimum atomic E-state index is 0. The number of aromatic hydroxyl groups is 1. The summed E-state index contributed by atoms with van der Waals surface area (Å²) >= 11 is 0. The van der Waals surface area contributed by atoms with Gasteiger partial charge in [-0.3, -0.25) is 0 Å². The Kier molecular flexibility index (Phi) is 10.6. The third-order valence-corrected chi connectivity index (χ3v) is 3.81. The summed E-state index contributed by atoms with van der Waals surface area (Å²) in [4.78, 5) is 0. The van der Waals surface area contributed by atoms with Crippen molar-refractivity contribution in [3.63, 3.8) is 0 Å². The van der Waals surface area contributed by atoms with Gasteiger partial charge in [0.1, 0.15) is 5.69 Å². The van der Waals surface area contributed by atoms with Crippen LogP contribution < -0.4 is 0 Å². The molecule has 5 heteroatoms. The van der Waals surface area contributed by atoms with Crippen LogP contribution in [0.2, 0.25) is 0 Å². The molecule has 0 spiro atoms. The molecule has 1 N–H and O–H groups in total. The monoisotopic (exact) mass is 419 g/mol. The fourth-order valence-electron chi connectivity index (χ4n) is 2.59. The van der Waals surface area contributed by atoms with E-state index < -0.39 is 0 Å². The van der Waals surface area contributed by atoms with Crippen molar-refractivity contribution < 1.29 is 37.8 Å². The summed E-state index contributed by atoms with van der Waals surface area (Å²) in [6, 6.07) is 16.5. The van der Waals surface area contributed by atoms with Gasteiger partial charge in [-0.1, -0.05) is 39.0 Å². The number of rotatable bonds is 2. The minimum absolute atomic E-state index is 0. The Morgan fingerprint density at radius 3 is 2.27 bits per heavy atom. The predicted octanol–water partition coefficient (Wildman–Crippen LogP) is 6.33. The molecule has 26 heavy (non-hydrogen) atoms. The maximum atomic E-state index is 10.6. The van der Waals surface area contributed by atoms with Crippen molar-refractivity contribution in [2.24, 2.45) is 10.2 Å². The van der Waals surface area contributed by atoms with Crippen LogP contribution in [0.25, 0.3) is 10.8 Å². The maximum absolute atomic E-state index is 10.6. The molecule has 3 nitrogen and oxygen atoms in total. The smallest absolute Gasteiger partial charge is 0.151 e. The SMILES string of the molecule is CC.Cc1c[c-]ccc1N=Nc1c(C)cc2cccc(C)c2c1O.[B].[Y]. The molecule has 130 valence electrons. The normalized spacial score (nSPS) is 9.88. The second kappa shape index (κ2) is 11.3. The molecule has 0 bridgehead atoms. The summed E-state index contributed by atoms with van der Waals surface area (Å²) in [6.07, 6.45) is 0. The van der Waals surface area contributed by atoms with Crippen molar-refractivity contribution in [1.29, 1.82) is 0 Å². The number of fused-ring (bicyclic) bond motifs is 1. The Balaban J connectivity index is 0.00000151. The molecule has 0 aliphatic carbocycles. The second-order valence-electron chi connectivity index (χ2n) is 5.48. The molecule has 3 rings (SSSR count). The van der Waals surface area contributed by atoms with Crippen molar-refractivity contribution in [3.05, 3.63) is 65.2 Å². The van der Waals surface area contributed by atoms with Crippen molar-refractivity contribution in [3.8, 4) is 5.75 Å². The standard InChI is InChI=1S/C19H17N2O.C2H6.B.Y/c1-12-7-4-5-10-16(12)20-21-18-14(3)11-15-9-6-8-13(2)17(15)19(18)22;1-2;;/h5-11,22H,1-3H3;1-2H3;;/q-1;;;. The average Bonchev–Trinajstić information content (AvgIpc) is 2.58. The van der Waals surface area contributed by atoms with Crippen molar-refractivity contribution in [2.75, 3.05) is 0 Å². The zero-order chi connectivity index (χ0) is 17.7. The van der Waals surface area contributed by atoms with Gasteiger partial charge in [-0.05, 0) is 42.1 Å². The summed E-state index contributed by atoms with van der Waals surface area (Å²) in [5.74, 6) is 0.192. The number of benzene rings is 3. The van der Waals surface area contributed by atoms with Crippen LogP contribution in [0, 0.1) is 26.8 Å². The third-order valence-electron chi connectivity index (χ3n) is 3.81. The van der Waals surface area contributed by atoms with Gasteiger partial charge in [-0.15, -0.1) is 16.7 Å². The van der Waals surface area contributed by atoms with Crippen LogP contribution >= 0.6 is 0 Å². The van der Waals surface area contributed by atoms with E-state index >= 15 is 0 Å². The number of phenols is 1. The fourth-order valence-corrected chi connectivity index (χ4v) is 2.59. The largest absolute Gasteiger partial charge is 0.505 e. The van der Waals surface area contributed by atoms with E-state index in [1.165, 1.54) is 0 Å². The number of azo groups is 1. The number of aryl methyl sites for hydroxylation is 3. The van der Waals surface area contributed by atoms with Crippen molar-refractivity contribution >= 4 is 30.6 Å². The number of hydrogen-bond acceptors (Lipinski definition) is 3. The van der Waals surface area contributed by atoms with E-state index in [9.17, 15) is 5.11 Å². The summed E-state index contributed by atoms with van der Waals surface area (Å²) in [5.41, 5.74) is 4.23. The van der Waals surface area contributed by atoms with E-state index in [2.05, 4.69) is 16.3 Å². The Morgan fingerprint density at radius 1 is 0.923 bits per heavy atom. The zero-order valence-electron chi connectivity index (χ0n) is 16.0. The van der Waals surface area contributed by atoms with Gasteiger partial charge in [0.05, 0.1) is 0 Å². The number of phenolic OH excluding ortho intramolecular Hbond substituents is 1. The molecule has 0 atom stereocenters. The molecule has 0 heterocycles. The first-order valence-corrected chi connectivity index (χ1v) is 8.18. The molecule has 3 aromatic carbocycles. The van der Waals surface area contributed by atoms with Gasteiger partial charge in [0.2, 0.25) is 0 Å². The van der Waals surface area contributed by atoms with Crippen LogP contribution in [0.15, 0.2) is 52.7 Å². The quantitative estimate of drug-likeness (QED) is 0.295. The average molecular weight is 419 g/mol. The second-order valence-corrected chi connectivity index (χ2v) is 5.48. The van der Waals surface area contributed by atoms with Gasteiger partial charge in [-0.25, -0.2) is 0 Å². The predicted molar refractivity (Wildman–Crippen MR) is 106 cm³/mol. The van der Waals surface area contributed by atoms with Crippen molar-refractivity contribution in [2.45, 2.75) is 34.6 Å². The first kappa shape index (κ1) is 24.5. The Bertz CT molecular complexity index is 895. The van der Waals surface area contributed by atoms with Crippen LogP contribution in [0.1, 0.15) is 30.5 Å². The molecule has 0 fully saturated rings. The van der Waals surface area contributed by atoms with Gasteiger partial charge >= 0.3 is 0 Å². The van der Waals surface area contributed by atoms with E-state index in [1.54, 1.807) is 6.07 Å². The van der Waals surface area contributed by atoms with E-state index in [0.29, 0.717) is 5.69 Å². The maximum Gasteiger partial charge on any atom is 0.151 e. The van der Waals surface area contributed by atoms with Crippen LogP contribution in [0.3, 0.4) is 0 Å². The molecule has 0 aliphatic heterocycles. The number of nitrogens with zero attached hydrogens (tertiary/aromatic N) is 2. The number of hydrogen-bond donors (Lipinski definition) is 1. The van der Waals surface area contributed by atoms with Gasteiger partial charge in [0.25, 0.3) is 0 Å². The molecule has 4 radical (unpaired) electrons. The Morgan fingerprint density at radius 2 is 1.62 bits per heavy atom. The van der Waals surface area contributed by atoms with Gasteiger partial charge in [-0.2, -0.15) is 23.3 Å². The molecule has 0 unspecified atom stereocenters. The first-order chi connectivity index (χ1) is 11.6. The molecule has 0 saturated heterocycles. The molecular formula is C21H23BN2OY-. The fraction of sp³-hybridized carbons (Fsp3) is 0.238. The topological polar surface area (TPSA) is 45.0 Å². The van der Waals surface area contributed by atoms with Crippen molar-refractivity contribution in [1.82, 2.24) is 0 Å². The molecule has 0 aromatic heterocycles. The molecular weight excluding hydrogens is 396 g/mol. The molecule has 3 aromatic rings. The Labute approximate surface area is 183 Å². The molecule has 0 aliphatic rings. The van der Waals surface area contributed by atoms with Crippen LogP contribution in [0.5, 0.6) is 5.75 Å². The minimum Gasteiger partial charge on any atom is -0.505 e. The van der Waals surface area contributed by atoms with Gasteiger partial charge in [0, 0.05) is 46.5 Å².